The Labute approximate surface area is 91.9 Å². The van der Waals surface area contributed by atoms with Crippen molar-refractivity contribution >= 4 is 0 Å². The monoisotopic (exact) mass is 201 g/mol. The number of hydrogen-bond donors (Lipinski definition) is 1. The second-order valence-corrected chi connectivity index (χ2v) is 6.02. The molecule has 1 N–H and O–H groups in total. The van der Waals surface area contributed by atoms with Gasteiger partial charge in [-0.15, -0.1) is 0 Å². The molecule has 0 bridgehead atoms. The standard InChI is InChI=1S/C14H19N/c1-13(2,3)11-5-4-6-12-10(11)9-15-14(12)7-8-14/h4-6,15H,7-9H2,1-3H3. The first-order valence-electron chi connectivity index (χ1n) is 5.91. The third kappa shape index (κ3) is 1.26. The van der Waals surface area contributed by atoms with Crippen molar-refractivity contribution in [3.8, 4) is 0 Å². The van der Waals surface area contributed by atoms with Crippen LogP contribution in [-0.2, 0) is 17.5 Å². The molecule has 1 saturated carbocycles. The van der Waals surface area contributed by atoms with Crippen LogP contribution in [0.4, 0.5) is 0 Å². The molecule has 1 aromatic carbocycles. The normalized spacial score (nSPS) is 21.8. The summed E-state index contributed by atoms with van der Waals surface area (Å²) >= 11 is 0. The van der Waals surface area contributed by atoms with Gasteiger partial charge in [0.1, 0.15) is 0 Å². The van der Waals surface area contributed by atoms with E-state index in [4.69, 9.17) is 0 Å². The molecule has 0 saturated heterocycles. The molecular formula is C14H19N. The summed E-state index contributed by atoms with van der Waals surface area (Å²) in [6.07, 6.45) is 2.65. The van der Waals surface area contributed by atoms with Crippen molar-refractivity contribution in [1.82, 2.24) is 5.32 Å². The van der Waals surface area contributed by atoms with Crippen LogP contribution in [0, 0.1) is 0 Å². The molecule has 3 rings (SSSR count). The van der Waals surface area contributed by atoms with Gasteiger partial charge in [0.2, 0.25) is 0 Å². The van der Waals surface area contributed by atoms with Gasteiger partial charge in [0, 0.05) is 12.1 Å². The van der Waals surface area contributed by atoms with Crippen LogP contribution in [0.1, 0.15) is 50.3 Å². The van der Waals surface area contributed by atoms with Crippen molar-refractivity contribution in [2.75, 3.05) is 0 Å². The van der Waals surface area contributed by atoms with Gasteiger partial charge in [0.05, 0.1) is 0 Å². The summed E-state index contributed by atoms with van der Waals surface area (Å²) < 4.78 is 0. The van der Waals surface area contributed by atoms with Gasteiger partial charge in [-0.05, 0) is 34.9 Å². The molecule has 15 heavy (non-hydrogen) atoms. The lowest BCUT2D eigenvalue weighted by Crippen LogP contribution is -2.19. The minimum absolute atomic E-state index is 0.271. The maximum Gasteiger partial charge on any atom is 0.0442 e. The number of fused-ring (bicyclic) bond motifs is 2. The summed E-state index contributed by atoms with van der Waals surface area (Å²) in [5.41, 5.74) is 5.33. The van der Waals surface area contributed by atoms with E-state index in [-0.39, 0.29) is 5.41 Å². The Bertz CT molecular complexity index is 408. The fourth-order valence-electron chi connectivity index (χ4n) is 2.85. The van der Waals surface area contributed by atoms with Gasteiger partial charge in [-0.25, -0.2) is 0 Å². The van der Waals surface area contributed by atoms with Crippen molar-refractivity contribution in [2.45, 2.75) is 51.1 Å². The lowest BCUT2D eigenvalue weighted by atomic mass is 9.82. The number of benzene rings is 1. The summed E-state index contributed by atoms with van der Waals surface area (Å²) in [6.45, 7) is 7.99. The highest BCUT2D eigenvalue weighted by Crippen LogP contribution is 2.51. The average Bonchev–Trinajstić information content (AvgIpc) is 2.83. The minimum atomic E-state index is 0.271. The van der Waals surface area contributed by atoms with Crippen LogP contribution < -0.4 is 5.32 Å². The molecule has 1 heteroatoms. The first-order valence-corrected chi connectivity index (χ1v) is 5.91. The molecule has 1 heterocycles. The van der Waals surface area contributed by atoms with Crippen molar-refractivity contribution in [3.63, 3.8) is 0 Å². The molecule has 0 aromatic heterocycles. The molecule has 0 unspecified atom stereocenters. The number of rotatable bonds is 0. The summed E-state index contributed by atoms with van der Waals surface area (Å²) in [5, 5.41) is 3.68. The summed E-state index contributed by atoms with van der Waals surface area (Å²) in [6, 6.07) is 6.84. The first kappa shape index (κ1) is 9.41. The smallest absolute Gasteiger partial charge is 0.0442 e. The van der Waals surface area contributed by atoms with E-state index in [0.29, 0.717) is 5.54 Å². The van der Waals surface area contributed by atoms with E-state index in [9.17, 15) is 0 Å². The third-order valence-corrected chi connectivity index (χ3v) is 3.85. The Morgan fingerprint density at radius 2 is 1.93 bits per heavy atom. The zero-order valence-electron chi connectivity index (χ0n) is 9.85. The van der Waals surface area contributed by atoms with Gasteiger partial charge in [0.25, 0.3) is 0 Å². The largest absolute Gasteiger partial charge is 0.303 e. The quantitative estimate of drug-likeness (QED) is 0.680. The van der Waals surface area contributed by atoms with E-state index >= 15 is 0 Å². The molecule has 80 valence electrons. The van der Waals surface area contributed by atoms with Crippen molar-refractivity contribution < 1.29 is 0 Å². The molecule has 0 atom stereocenters. The zero-order valence-corrected chi connectivity index (χ0v) is 9.85. The topological polar surface area (TPSA) is 12.0 Å². The van der Waals surface area contributed by atoms with Gasteiger partial charge < -0.3 is 5.32 Å². The van der Waals surface area contributed by atoms with Gasteiger partial charge in [-0.1, -0.05) is 39.0 Å². The fraction of sp³-hybridized carbons (Fsp3) is 0.571. The minimum Gasteiger partial charge on any atom is -0.303 e. The molecule has 2 aliphatic rings. The van der Waals surface area contributed by atoms with E-state index in [1.165, 1.54) is 18.4 Å². The van der Waals surface area contributed by atoms with E-state index < -0.39 is 0 Å². The Hall–Kier alpha value is -0.820. The molecule has 1 fully saturated rings. The molecule has 1 spiro atoms. The van der Waals surface area contributed by atoms with Crippen LogP contribution in [0.3, 0.4) is 0 Å². The Kier molecular flexibility index (Phi) is 1.66. The molecule has 1 aromatic rings. The fourth-order valence-corrected chi connectivity index (χ4v) is 2.85. The first-order chi connectivity index (χ1) is 7.03. The van der Waals surface area contributed by atoms with E-state index in [1.54, 1.807) is 11.1 Å². The van der Waals surface area contributed by atoms with E-state index in [2.05, 4.69) is 44.3 Å². The van der Waals surface area contributed by atoms with Crippen LogP contribution >= 0.6 is 0 Å². The highest BCUT2D eigenvalue weighted by atomic mass is 15.0. The van der Waals surface area contributed by atoms with Crippen LogP contribution in [-0.4, -0.2) is 0 Å². The highest BCUT2D eigenvalue weighted by molar-refractivity contribution is 5.48. The molecule has 1 nitrogen and oxygen atoms in total. The Morgan fingerprint density at radius 1 is 1.20 bits per heavy atom. The van der Waals surface area contributed by atoms with Crippen LogP contribution in [0.2, 0.25) is 0 Å². The second-order valence-electron chi connectivity index (χ2n) is 6.02. The van der Waals surface area contributed by atoms with E-state index in [0.717, 1.165) is 6.54 Å². The maximum absolute atomic E-state index is 3.68. The predicted octanol–water partition coefficient (Wildman–Crippen LogP) is 3.08. The molecule has 1 aliphatic heterocycles. The average molecular weight is 201 g/mol. The molecule has 1 aliphatic carbocycles. The molecular weight excluding hydrogens is 182 g/mol. The lowest BCUT2D eigenvalue weighted by Gasteiger charge is -2.22. The predicted molar refractivity (Wildman–Crippen MR) is 62.9 cm³/mol. The van der Waals surface area contributed by atoms with Crippen LogP contribution in [0.5, 0.6) is 0 Å². The summed E-state index contributed by atoms with van der Waals surface area (Å²) in [4.78, 5) is 0. The van der Waals surface area contributed by atoms with Crippen molar-refractivity contribution in [1.29, 1.82) is 0 Å². The van der Waals surface area contributed by atoms with Gasteiger partial charge in [-0.2, -0.15) is 0 Å². The SMILES string of the molecule is CC(C)(C)c1cccc2c1CNC21CC1. The molecule has 0 radical (unpaired) electrons. The Balaban J connectivity index is 2.17. The highest BCUT2D eigenvalue weighted by Gasteiger charge is 2.49. The summed E-state index contributed by atoms with van der Waals surface area (Å²) in [7, 11) is 0. The maximum atomic E-state index is 3.68. The van der Waals surface area contributed by atoms with Crippen molar-refractivity contribution in [3.05, 3.63) is 34.9 Å². The third-order valence-electron chi connectivity index (χ3n) is 3.85. The van der Waals surface area contributed by atoms with Crippen LogP contribution in [0.25, 0.3) is 0 Å². The van der Waals surface area contributed by atoms with Crippen molar-refractivity contribution in [2.24, 2.45) is 0 Å². The second kappa shape index (κ2) is 2.65. The van der Waals surface area contributed by atoms with Crippen LogP contribution in [0.15, 0.2) is 18.2 Å². The van der Waals surface area contributed by atoms with Gasteiger partial charge in [0.15, 0.2) is 0 Å². The van der Waals surface area contributed by atoms with Gasteiger partial charge in [-0.3, -0.25) is 0 Å². The number of nitrogens with one attached hydrogen (secondary N) is 1. The Morgan fingerprint density at radius 3 is 2.53 bits per heavy atom. The molecule has 0 amide bonds. The summed E-state index contributed by atoms with van der Waals surface area (Å²) in [5.74, 6) is 0. The van der Waals surface area contributed by atoms with Gasteiger partial charge >= 0.3 is 0 Å². The zero-order chi connectivity index (χ0) is 10.7. The lowest BCUT2D eigenvalue weighted by molar-refractivity contribution is 0.565. The number of hydrogen-bond acceptors (Lipinski definition) is 1. The van der Waals surface area contributed by atoms with E-state index in [1.807, 2.05) is 0 Å².